The number of hydrogen-bond donors (Lipinski definition) is 1. The van der Waals surface area contributed by atoms with Crippen molar-refractivity contribution in [3.63, 3.8) is 0 Å². The molecule has 1 N–H and O–H groups in total. The van der Waals surface area contributed by atoms with E-state index >= 15 is 0 Å². The molecule has 3 heteroatoms. The molecule has 2 rings (SSSR count). The predicted molar refractivity (Wildman–Crippen MR) is 74.0 cm³/mol. The molecule has 0 amide bonds. The van der Waals surface area contributed by atoms with Crippen molar-refractivity contribution in [2.24, 2.45) is 0 Å². The minimum atomic E-state index is 0.296. The first kappa shape index (κ1) is 13.0. The molecule has 1 aromatic carbocycles. The Kier molecular flexibility index (Phi) is 4.65. The molecule has 3 nitrogen and oxygen atoms in total. The Bertz CT molecular complexity index is 490. The molecule has 0 spiro atoms. The van der Waals surface area contributed by atoms with E-state index in [9.17, 15) is 0 Å². The lowest BCUT2D eigenvalue weighted by Gasteiger charge is -2.06. The second-order valence-corrected chi connectivity index (χ2v) is 4.45. The Morgan fingerprint density at radius 3 is 2.83 bits per heavy atom. The van der Waals surface area contributed by atoms with Gasteiger partial charge in [-0.1, -0.05) is 0 Å². The van der Waals surface area contributed by atoms with E-state index in [4.69, 9.17) is 9.84 Å². The quantitative estimate of drug-likeness (QED) is 0.762. The van der Waals surface area contributed by atoms with Crippen molar-refractivity contribution in [2.45, 2.75) is 32.7 Å². The van der Waals surface area contributed by atoms with Gasteiger partial charge < -0.3 is 14.4 Å². The number of nitrogens with zero attached hydrogens (tertiary/aromatic N) is 1. The average Bonchev–Trinajstić information content (AvgIpc) is 2.78. The molecule has 18 heavy (non-hydrogen) atoms. The Labute approximate surface area is 108 Å². The van der Waals surface area contributed by atoms with E-state index in [0.717, 1.165) is 31.6 Å². The molecule has 1 aromatic heterocycles. The molecule has 1 heterocycles. The highest BCUT2D eigenvalue weighted by Crippen LogP contribution is 2.22. The number of aliphatic hydroxyl groups is 1. The number of hydrogen-bond acceptors (Lipinski definition) is 2. The Balaban J connectivity index is 2.06. The van der Waals surface area contributed by atoms with E-state index in [1.165, 1.54) is 10.9 Å². The van der Waals surface area contributed by atoms with Gasteiger partial charge in [0.1, 0.15) is 5.75 Å². The van der Waals surface area contributed by atoms with Crippen LogP contribution in [-0.4, -0.2) is 22.9 Å². The van der Waals surface area contributed by atoms with E-state index in [1.54, 1.807) is 0 Å². The van der Waals surface area contributed by atoms with E-state index in [2.05, 4.69) is 29.0 Å². The molecular weight excluding hydrogens is 226 g/mol. The first-order valence-corrected chi connectivity index (χ1v) is 6.67. The van der Waals surface area contributed by atoms with Crippen LogP contribution in [0, 0.1) is 0 Å². The summed E-state index contributed by atoms with van der Waals surface area (Å²) < 4.78 is 7.77. The van der Waals surface area contributed by atoms with Crippen LogP contribution in [-0.2, 0) is 6.54 Å². The van der Waals surface area contributed by atoms with Crippen LogP contribution in [0.1, 0.15) is 26.2 Å². The second kappa shape index (κ2) is 6.45. The number of unbranched alkanes of at least 4 members (excludes halogenated alkanes) is 2. The third-order valence-corrected chi connectivity index (χ3v) is 3.11. The van der Waals surface area contributed by atoms with Crippen LogP contribution < -0.4 is 4.74 Å². The SMILES string of the molecule is CCOc1ccc2c(ccn2CCCCCO)c1. The number of benzene rings is 1. The molecule has 0 bridgehead atoms. The van der Waals surface area contributed by atoms with Crippen molar-refractivity contribution in [1.29, 1.82) is 0 Å². The zero-order valence-electron chi connectivity index (χ0n) is 10.9. The second-order valence-electron chi connectivity index (χ2n) is 4.45. The normalized spacial score (nSPS) is 11.0. The van der Waals surface area contributed by atoms with Crippen LogP contribution in [0.5, 0.6) is 5.75 Å². The standard InChI is InChI=1S/C15H21NO2/c1-2-18-14-6-7-15-13(12-14)8-10-16(15)9-4-3-5-11-17/h6-8,10,12,17H,2-5,9,11H2,1H3. The molecule has 0 aliphatic rings. The smallest absolute Gasteiger partial charge is 0.120 e. The van der Waals surface area contributed by atoms with Crippen LogP contribution in [0.25, 0.3) is 10.9 Å². The average molecular weight is 247 g/mol. The Morgan fingerprint density at radius 2 is 2.06 bits per heavy atom. The summed E-state index contributed by atoms with van der Waals surface area (Å²) in [6.07, 6.45) is 5.21. The summed E-state index contributed by atoms with van der Waals surface area (Å²) in [6, 6.07) is 8.36. The lowest BCUT2D eigenvalue weighted by Crippen LogP contribution is -1.97. The van der Waals surface area contributed by atoms with Crippen LogP contribution in [0.4, 0.5) is 0 Å². The number of aromatic nitrogens is 1. The number of ether oxygens (including phenoxy) is 1. The summed E-state index contributed by atoms with van der Waals surface area (Å²) in [5, 5.41) is 9.98. The van der Waals surface area contributed by atoms with Crippen molar-refractivity contribution >= 4 is 10.9 Å². The fourth-order valence-electron chi connectivity index (χ4n) is 2.20. The van der Waals surface area contributed by atoms with Crippen LogP contribution in [0.3, 0.4) is 0 Å². The molecule has 0 aliphatic carbocycles. The van der Waals surface area contributed by atoms with Gasteiger partial charge in [0.2, 0.25) is 0 Å². The molecule has 0 atom stereocenters. The molecule has 0 unspecified atom stereocenters. The maximum absolute atomic E-state index is 8.76. The summed E-state index contributed by atoms with van der Waals surface area (Å²) in [5.41, 5.74) is 1.25. The molecule has 0 saturated carbocycles. The number of aliphatic hydroxyl groups excluding tert-OH is 1. The maximum Gasteiger partial charge on any atom is 0.120 e. The van der Waals surface area contributed by atoms with Crippen molar-refractivity contribution in [3.05, 3.63) is 30.5 Å². The predicted octanol–water partition coefficient (Wildman–Crippen LogP) is 3.20. The van der Waals surface area contributed by atoms with E-state index in [1.807, 2.05) is 13.0 Å². The van der Waals surface area contributed by atoms with Crippen molar-refractivity contribution in [2.75, 3.05) is 13.2 Å². The monoisotopic (exact) mass is 247 g/mol. The molecule has 0 radical (unpaired) electrons. The highest BCUT2D eigenvalue weighted by atomic mass is 16.5. The highest BCUT2D eigenvalue weighted by Gasteiger charge is 2.02. The molecule has 2 aromatic rings. The van der Waals surface area contributed by atoms with Gasteiger partial charge in [-0.3, -0.25) is 0 Å². The maximum atomic E-state index is 8.76. The summed E-state index contributed by atoms with van der Waals surface area (Å²) in [7, 11) is 0. The van der Waals surface area contributed by atoms with Gasteiger partial charge in [0.15, 0.2) is 0 Å². The van der Waals surface area contributed by atoms with Crippen molar-refractivity contribution < 1.29 is 9.84 Å². The molecular formula is C15H21NO2. The number of fused-ring (bicyclic) bond motifs is 1. The van der Waals surface area contributed by atoms with Crippen LogP contribution >= 0.6 is 0 Å². The van der Waals surface area contributed by atoms with E-state index in [-0.39, 0.29) is 0 Å². The van der Waals surface area contributed by atoms with Crippen molar-refractivity contribution in [3.8, 4) is 5.75 Å². The number of aryl methyl sites for hydroxylation is 1. The third-order valence-electron chi connectivity index (χ3n) is 3.11. The highest BCUT2D eigenvalue weighted by molar-refractivity contribution is 5.81. The Morgan fingerprint density at radius 1 is 1.17 bits per heavy atom. The minimum Gasteiger partial charge on any atom is -0.494 e. The summed E-state index contributed by atoms with van der Waals surface area (Å²) in [6.45, 7) is 4.01. The fraction of sp³-hybridized carbons (Fsp3) is 0.467. The molecule has 0 saturated heterocycles. The van der Waals surface area contributed by atoms with Gasteiger partial charge in [-0.15, -0.1) is 0 Å². The summed E-state index contributed by atoms with van der Waals surface area (Å²) in [5.74, 6) is 0.933. The summed E-state index contributed by atoms with van der Waals surface area (Å²) >= 11 is 0. The molecule has 0 aliphatic heterocycles. The van der Waals surface area contributed by atoms with Gasteiger partial charge >= 0.3 is 0 Å². The van der Waals surface area contributed by atoms with Gasteiger partial charge in [0, 0.05) is 30.3 Å². The van der Waals surface area contributed by atoms with E-state index in [0.29, 0.717) is 13.2 Å². The first-order chi connectivity index (χ1) is 8.85. The van der Waals surface area contributed by atoms with Gasteiger partial charge in [-0.25, -0.2) is 0 Å². The van der Waals surface area contributed by atoms with Gasteiger partial charge in [0.25, 0.3) is 0 Å². The topological polar surface area (TPSA) is 34.4 Å². The number of rotatable bonds is 7. The Hall–Kier alpha value is -1.48. The summed E-state index contributed by atoms with van der Waals surface area (Å²) in [4.78, 5) is 0. The first-order valence-electron chi connectivity index (χ1n) is 6.67. The zero-order valence-corrected chi connectivity index (χ0v) is 10.9. The van der Waals surface area contributed by atoms with E-state index < -0.39 is 0 Å². The lowest BCUT2D eigenvalue weighted by atomic mass is 10.2. The fourth-order valence-corrected chi connectivity index (χ4v) is 2.20. The molecule has 98 valence electrons. The zero-order chi connectivity index (χ0) is 12.8. The van der Waals surface area contributed by atoms with Crippen LogP contribution in [0.15, 0.2) is 30.5 Å². The van der Waals surface area contributed by atoms with Gasteiger partial charge in [-0.2, -0.15) is 0 Å². The van der Waals surface area contributed by atoms with Gasteiger partial charge in [-0.05, 0) is 50.5 Å². The van der Waals surface area contributed by atoms with Crippen molar-refractivity contribution in [1.82, 2.24) is 4.57 Å². The lowest BCUT2D eigenvalue weighted by molar-refractivity contribution is 0.282. The largest absolute Gasteiger partial charge is 0.494 e. The third kappa shape index (κ3) is 3.05. The molecule has 0 fully saturated rings. The van der Waals surface area contributed by atoms with Crippen LogP contribution in [0.2, 0.25) is 0 Å². The minimum absolute atomic E-state index is 0.296. The van der Waals surface area contributed by atoms with Gasteiger partial charge in [0.05, 0.1) is 6.61 Å².